The second kappa shape index (κ2) is 4.08. The van der Waals surface area contributed by atoms with E-state index >= 15 is 0 Å². The van der Waals surface area contributed by atoms with Gasteiger partial charge in [0, 0.05) is 31.9 Å². The molecule has 0 aromatic carbocycles. The summed E-state index contributed by atoms with van der Waals surface area (Å²) in [6.07, 6.45) is 12.7. The number of nitrogens with two attached hydrogens (primary N) is 1. The molecule has 1 aromatic heterocycles. The van der Waals surface area contributed by atoms with Crippen LogP contribution in [-0.2, 0) is 7.05 Å². The van der Waals surface area contributed by atoms with E-state index in [-0.39, 0.29) is 0 Å². The Bertz CT molecular complexity index is 441. The molecule has 1 atom stereocenters. The zero-order valence-corrected chi connectivity index (χ0v) is 11.9. The zero-order chi connectivity index (χ0) is 13.0. The highest BCUT2D eigenvalue weighted by Crippen LogP contribution is 2.64. The summed E-state index contributed by atoms with van der Waals surface area (Å²) in [5.41, 5.74) is 6.68. The van der Waals surface area contributed by atoms with Crippen LogP contribution in [-0.4, -0.2) is 16.1 Å². The summed E-state index contributed by atoms with van der Waals surface area (Å²) in [6.45, 7) is 0.761. The van der Waals surface area contributed by atoms with Gasteiger partial charge in [-0.1, -0.05) is 0 Å². The van der Waals surface area contributed by atoms with Gasteiger partial charge in [-0.25, -0.2) is 4.98 Å². The molecule has 1 aromatic rings. The molecule has 0 radical (unpaired) electrons. The van der Waals surface area contributed by atoms with Crippen molar-refractivity contribution in [2.75, 3.05) is 6.54 Å². The highest BCUT2D eigenvalue weighted by Gasteiger charge is 2.54. The van der Waals surface area contributed by atoms with Crippen molar-refractivity contribution in [1.82, 2.24) is 9.55 Å². The van der Waals surface area contributed by atoms with E-state index in [2.05, 4.69) is 22.8 Å². The van der Waals surface area contributed by atoms with Gasteiger partial charge in [0.25, 0.3) is 0 Å². The normalized spacial score (nSPS) is 41.7. The molecule has 4 aliphatic carbocycles. The maximum absolute atomic E-state index is 6.20. The molecule has 4 aliphatic rings. The number of hydrogen-bond acceptors (Lipinski definition) is 2. The number of aromatic nitrogens is 2. The molecule has 4 fully saturated rings. The average molecular weight is 259 g/mol. The lowest BCUT2D eigenvalue weighted by molar-refractivity contribution is -0.0688. The molecule has 1 unspecified atom stereocenters. The lowest BCUT2D eigenvalue weighted by Gasteiger charge is -2.59. The van der Waals surface area contributed by atoms with Crippen LogP contribution in [0.5, 0.6) is 0 Å². The van der Waals surface area contributed by atoms with E-state index in [1.54, 1.807) is 0 Å². The third kappa shape index (κ3) is 1.70. The number of rotatable bonds is 3. The van der Waals surface area contributed by atoms with E-state index in [1.807, 2.05) is 6.20 Å². The van der Waals surface area contributed by atoms with Crippen molar-refractivity contribution in [3.8, 4) is 0 Å². The Morgan fingerprint density at radius 1 is 1.26 bits per heavy atom. The van der Waals surface area contributed by atoms with Crippen LogP contribution in [0.25, 0.3) is 0 Å². The van der Waals surface area contributed by atoms with E-state index in [0.29, 0.717) is 11.3 Å². The molecule has 3 nitrogen and oxygen atoms in total. The molecule has 0 saturated heterocycles. The molecule has 104 valence electrons. The number of aryl methyl sites for hydroxylation is 1. The molecule has 0 spiro atoms. The Balaban J connectivity index is 1.72. The third-order valence-corrected chi connectivity index (χ3v) is 6.23. The Labute approximate surface area is 115 Å². The fourth-order valence-electron chi connectivity index (χ4n) is 5.95. The van der Waals surface area contributed by atoms with Crippen LogP contribution >= 0.6 is 0 Å². The van der Waals surface area contributed by atoms with Crippen molar-refractivity contribution >= 4 is 0 Å². The Hall–Kier alpha value is -0.830. The monoisotopic (exact) mass is 259 g/mol. The van der Waals surface area contributed by atoms with Gasteiger partial charge in [0.05, 0.1) is 0 Å². The van der Waals surface area contributed by atoms with E-state index in [9.17, 15) is 0 Å². The van der Waals surface area contributed by atoms with Crippen molar-refractivity contribution in [3.63, 3.8) is 0 Å². The molecule has 1 heterocycles. The van der Waals surface area contributed by atoms with Gasteiger partial charge in [0.2, 0.25) is 0 Å². The summed E-state index contributed by atoms with van der Waals surface area (Å²) in [5, 5.41) is 0. The minimum atomic E-state index is 0.473. The van der Waals surface area contributed by atoms with Crippen molar-refractivity contribution in [2.45, 2.75) is 44.4 Å². The first kappa shape index (κ1) is 12.0. The molecule has 4 saturated carbocycles. The van der Waals surface area contributed by atoms with Gasteiger partial charge in [-0.15, -0.1) is 0 Å². The maximum Gasteiger partial charge on any atom is 0.113 e. The number of nitrogens with zero attached hydrogens (tertiary/aromatic N) is 2. The predicted molar refractivity (Wildman–Crippen MR) is 75.6 cm³/mol. The molecule has 3 heteroatoms. The Morgan fingerprint density at radius 2 is 1.84 bits per heavy atom. The van der Waals surface area contributed by atoms with Gasteiger partial charge in [-0.05, 0) is 61.7 Å². The quantitative estimate of drug-likeness (QED) is 0.907. The van der Waals surface area contributed by atoms with Crippen LogP contribution in [0.15, 0.2) is 12.4 Å². The average Bonchev–Trinajstić information content (AvgIpc) is 2.74. The molecule has 4 bridgehead atoms. The van der Waals surface area contributed by atoms with Crippen LogP contribution in [0.2, 0.25) is 0 Å². The fourth-order valence-corrected chi connectivity index (χ4v) is 5.95. The SMILES string of the molecule is Cn1ccnc1C(CN)C12CC3CC(CC(C3)C1)C2. The van der Waals surface area contributed by atoms with E-state index in [4.69, 9.17) is 5.73 Å². The first-order chi connectivity index (χ1) is 9.20. The summed E-state index contributed by atoms with van der Waals surface area (Å²) in [5.74, 6) is 4.66. The topological polar surface area (TPSA) is 43.8 Å². The standard InChI is InChI=1S/C16H25N3/c1-19-3-2-18-15(19)14(10-17)16-7-11-4-12(8-16)6-13(5-11)9-16/h2-3,11-14H,4-10,17H2,1H3. The molecule has 5 rings (SSSR count). The Kier molecular flexibility index (Phi) is 2.57. The second-order valence-corrected chi connectivity index (χ2v) is 7.46. The Morgan fingerprint density at radius 3 is 2.26 bits per heavy atom. The highest BCUT2D eigenvalue weighted by molar-refractivity contribution is 5.14. The first-order valence-electron chi connectivity index (χ1n) is 7.87. The molecular formula is C16H25N3. The van der Waals surface area contributed by atoms with Gasteiger partial charge >= 0.3 is 0 Å². The van der Waals surface area contributed by atoms with Gasteiger partial charge < -0.3 is 10.3 Å². The molecule has 2 N–H and O–H groups in total. The third-order valence-electron chi connectivity index (χ3n) is 6.23. The molecular weight excluding hydrogens is 234 g/mol. The van der Waals surface area contributed by atoms with Crippen LogP contribution in [0.4, 0.5) is 0 Å². The largest absolute Gasteiger partial charge is 0.338 e. The first-order valence-corrected chi connectivity index (χ1v) is 7.87. The lowest BCUT2D eigenvalue weighted by Crippen LogP contribution is -2.50. The van der Waals surface area contributed by atoms with E-state index < -0.39 is 0 Å². The van der Waals surface area contributed by atoms with Crippen molar-refractivity contribution in [2.24, 2.45) is 36.0 Å². The summed E-state index contributed by atoms with van der Waals surface area (Å²) >= 11 is 0. The maximum atomic E-state index is 6.20. The predicted octanol–water partition coefficient (Wildman–Crippen LogP) is 2.68. The van der Waals surface area contributed by atoms with Gasteiger partial charge in [-0.2, -0.15) is 0 Å². The van der Waals surface area contributed by atoms with Crippen molar-refractivity contribution in [1.29, 1.82) is 0 Å². The lowest BCUT2D eigenvalue weighted by atomic mass is 9.46. The van der Waals surface area contributed by atoms with Gasteiger partial charge in [0.15, 0.2) is 0 Å². The van der Waals surface area contributed by atoms with E-state index in [0.717, 1.165) is 24.3 Å². The van der Waals surface area contributed by atoms with Crippen LogP contribution < -0.4 is 5.73 Å². The van der Waals surface area contributed by atoms with Crippen molar-refractivity contribution in [3.05, 3.63) is 18.2 Å². The van der Waals surface area contributed by atoms with Crippen LogP contribution in [0, 0.1) is 23.2 Å². The van der Waals surface area contributed by atoms with Crippen LogP contribution in [0.1, 0.15) is 50.3 Å². The minimum Gasteiger partial charge on any atom is -0.338 e. The minimum absolute atomic E-state index is 0.473. The summed E-state index contributed by atoms with van der Waals surface area (Å²) in [7, 11) is 2.12. The molecule has 0 aliphatic heterocycles. The van der Waals surface area contributed by atoms with E-state index in [1.165, 1.54) is 44.3 Å². The van der Waals surface area contributed by atoms with Crippen molar-refractivity contribution < 1.29 is 0 Å². The second-order valence-electron chi connectivity index (χ2n) is 7.46. The summed E-state index contributed by atoms with van der Waals surface area (Å²) in [6, 6.07) is 0. The molecule has 19 heavy (non-hydrogen) atoms. The number of imidazole rings is 1. The molecule has 0 amide bonds. The highest BCUT2D eigenvalue weighted by atomic mass is 15.0. The fraction of sp³-hybridized carbons (Fsp3) is 0.812. The van der Waals surface area contributed by atoms with Crippen LogP contribution in [0.3, 0.4) is 0 Å². The van der Waals surface area contributed by atoms with Gasteiger partial charge in [-0.3, -0.25) is 0 Å². The van der Waals surface area contributed by atoms with Gasteiger partial charge in [0.1, 0.15) is 5.82 Å². The number of hydrogen-bond donors (Lipinski definition) is 1. The summed E-state index contributed by atoms with van der Waals surface area (Å²) in [4.78, 5) is 4.63. The zero-order valence-electron chi connectivity index (χ0n) is 11.9. The smallest absolute Gasteiger partial charge is 0.113 e. The summed E-state index contributed by atoms with van der Waals surface area (Å²) < 4.78 is 2.19.